The van der Waals surface area contributed by atoms with Crippen LogP contribution >= 0.6 is 11.6 Å². The average molecular weight is 381 g/mol. The third-order valence-electron chi connectivity index (χ3n) is 3.89. The van der Waals surface area contributed by atoms with Gasteiger partial charge in [0, 0.05) is 41.4 Å². The summed E-state index contributed by atoms with van der Waals surface area (Å²) in [7, 11) is 0. The third kappa shape index (κ3) is 4.89. The van der Waals surface area contributed by atoms with Gasteiger partial charge in [0.05, 0.1) is 0 Å². The highest BCUT2D eigenvalue weighted by molar-refractivity contribution is 6.30. The van der Waals surface area contributed by atoms with Crippen LogP contribution in [0.4, 0.5) is 5.69 Å². The molecule has 0 saturated carbocycles. The second kappa shape index (κ2) is 8.42. The lowest BCUT2D eigenvalue weighted by Gasteiger charge is -2.10. The Morgan fingerprint density at radius 3 is 2.52 bits per heavy atom. The maximum Gasteiger partial charge on any atom is 0.270 e. The molecule has 6 nitrogen and oxygen atoms in total. The Balaban J connectivity index is 1.68. The molecule has 0 unspecified atom stereocenters. The van der Waals surface area contributed by atoms with Crippen molar-refractivity contribution in [1.82, 2.24) is 15.3 Å². The average Bonchev–Trinajstić information content (AvgIpc) is 2.69. The van der Waals surface area contributed by atoms with Gasteiger partial charge in [-0.3, -0.25) is 19.6 Å². The SMILES string of the molecule is Cc1cc(Cl)ccc1NC(=O)c1ccnc(C(=O)NCc2ccncc2)c1. The molecule has 0 radical (unpaired) electrons. The number of nitrogens with one attached hydrogen (secondary N) is 2. The third-order valence-corrected chi connectivity index (χ3v) is 4.13. The minimum Gasteiger partial charge on any atom is -0.347 e. The predicted octanol–water partition coefficient (Wildman–Crippen LogP) is 3.62. The van der Waals surface area contributed by atoms with Crippen LogP contribution in [0.3, 0.4) is 0 Å². The minimum absolute atomic E-state index is 0.171. The summed E-state index contributed by atoms with van der Waals surface area (Å²) >= 11 is 5.93. The van der Waals surface area contributed by atoms with Crippen LogP contribution in [0.2, 0.25) is 5.02 Å². The standard InChI is InChI=1S/C20H17ClN4O2/c1-13-10-16(21)2-3-17(13)25-19(26)15-6-9-23-18(11-15)20(27)24-12-14-4-7-22-8-5-14/h2-11H,12H2,1H3,(H,24,27)(H,25,26). The topological polar surface area (TPSA) is 84.0 Å². The van der Waals surface area contributed by atoms with E-state index in [1.165, 1.54) is 12.3 Å². The Labute approximate surface area is 161 Å². The van der Waals surface area contributed by atoms with Gasteiger partial charge in [0.1, 0.15) is 5.69 Å². The molecule has 2 aromatic heterocycles. The van der Waals surface area contributed by atoms with E-state index < -0.39 is 0 Å². The van der Waals surface area contributed by atoms with Crippen molar-refractivity contribution in [2.24, 2.45) is 0 Å². The number of amides is 2. The second-order valence-corrected chi connectivity index (χ2v) is 6.32. The summed E-state index contributed by atoms with van der Waals surface area (Å²) in [5, 5.41) is 6.18. The molecule has 7 heteroatoms. The summed E-state index contributed by atoms with van der Waals surface area (Å²) in [4.78, 5) is 32.8. The number of benzene rings is 1. The molecule has 136 valence electrons. The van der Waals surface area contributed by atoms with Crippen molar-refractivity contribution in [2.45, 2.75) is 13.5 Å². The maximum absolute atomic E-state index is 12.5. The number of rotatable bonds is 5. The van der Waals surface area contributed by atoms with E-state index in [9.17, 15) is 9.59 Å². The first-order valence-corrected chi connectivity index (χ1v) is 8.61. The van der Waals surface area contributed by atoms with E-state index >= 15 is 0 Å². The molecular formula is C20H17ClN4O2. The van der Waals surface area contributed by atoms with Gasteiger partial charge in [0.25, 0.3) is 11.8 Å². The molecule has 0 aliphatic heterocycles. The fourth-order valence-corrected chi connectivity index (χ4v) is 2.66. The number of carbonyl (C=O) groups excluding carboxylic acids is 2. The summed E-state index contributed by atoms with van der Waals surface area (Å²) in [6.07, 6.45) is 4.75. The van der Waals surface area contributed by atoms with Crippen LogP contribution in [0, 0.1) is 6.92 Å². The first-order chi connectivity index (χ1) is 13.0. The fraction of sp³-hybridized carbons (Fsp3) is 0.100. The molecule has 2 amide bonds. The van der Waals surface area contributed by atoms with Crippen LogP contribution in [0.5, 0.6) is 0 Å². The number of hydrogen-bond donors (Lipinski definition) is 2. The Morgan fingerprint density at radius 1 is 1.00 bits per heavy atom. The highest BCUT2D eigenvalue weighted by atomic mass is 35.5. The zero-order valence-electron chi connectivity index (χ0n) is 14.6. The molecule has 3 aromatic rings. The lowest BCUT2D eigenvalue weighted by Crippen LogP contribution is -2.24. The van der Waals surface area contributed by atoms with E-state index in [2.05, 4.69) is 20.6 Å². The summed E-state index contributed by atoms with van der Waals surface area (Å²) in [6.45, 7) is 2.20. The van der Waals surface area contributed by atoms with Gasteiger partial charge >= 0.3 is 0 Å². The fourth-order valence-electron chi connectivity index (χ4n) is 2.43. The van der Waals surface area contributed by atoms with E-state index in [1.54, 1.807) is 36.7 Å². The zero-order valence-corrected chi connectivity index (χ0v) is 15.3. The van der Waals surface area contributed by atoms with Crippen molar-refractivity contribution >= 4 is 29.1 Å². The smallest absolute Gasteiger partial charge is 0.270 e. The van der Waals surface area contributed by atoms with E-state index in [1.807, 2.05) is 19.1 Å². The van der Waals surface area contributed by atoms with Crippen LogP contribution in [0.15, 0.2) is 61.1 Å². The van der Waals surface area contributed by atoms with Crippen LogP contribution in [-0.2, 0) is 6.54 Å². The summed E-state index contributed by atoms with van der Waals surface area (Å²) in [5.41, 5.74) is 2.94. The second-order valence-electron chi connectivity index (χ2n) is 5.88. The van der Waals surface area contributed by atoms with Gasteiger partial charge in [0.15, 0.2) is 0 Å². The summed E-state index contributed by atoms with van der Waals surface area (Å²) < 4.78 is 0. The first-order valence-electron chi connectivity index (χ1n) is 8.23. The normalized spacial score (nSPS) is 10.3. The molecule has 27 heavy (non-hydrogen) atoms. The predicted molar refractivity (Wildman–Crippen MR) is 104 cm³/mol. The zero-order chi connectivity index (χ0) is 19.2. The lowest BCUT2D eigenvalue weighted by atomic mass is 10.1. The quantitative estimate of drug-likeness (QED) is 0.708. The number of halogens is 1. The Hall–Kier alpha value is -3.25. The molecule has 2 heterocycles. The van der Waals surface area contributed by atoms with Crippen molar-refractivity contribution in [3.05, 3.63) is 88.5 Å². The van der Waals surface area contributed by atoms with Gasteiger partial charge in [-0.1, -0.05) is 11.6 Å². The van der Waals surface area contributed by atoms with Crippen molar-refractivity contribution < 1.29 is 9.59 Å². The molecule has 0 aliphatic rings. The van der Waals surface area contributed by atoms with Crippen LogP contribution in [-0.4, -0.2) is 21.8 Å². The van der Waals surface area contributed by atoms with Crippen molar-refractivity contribution in [3.63, 3.8) is 0 Å². The molecule has 0 spiro atoms. The van der Waals surface area contributed by atoms with Gasteiger partial charge < -0.3 is 10.6 Å². The monoisotopic (exact) mass is 380 g/mol. The first kappa shape index (κ1) is 18.5. The number of hydrogen-bond acceptors (Lipinski definition) is 4. The van der Waals surface area contributed by atoms with E-state index in [4.69, 9.17) is 11.6 Å². The summed E-state index contributed by atoms with van der Waals surface area (Å²) in [5.74, 6) is -0.685. The Bertz CT molecular complexity index is 977. The molecule has 0 aliphatic carbocycles. The molecule has 0 fully saturated rings. The number of aromatic nitrogens is 2. The molecule has 2 N–H and O–H groups in total. The van der Waals surface area contributed by atoms with Crippen LogP contribution in [0.1, 0.15) is 32.0 Å². The maximum atomic E-state index is 12.5. The number of aryl methyl sites for hydroxylation is 1. The number of pyridine rings is 2. The van der Waals surface area contributed by atoms with Gasteiger partial charge in [-0.05, 0) is 60.5 Å². The Kier molecular flexibility index (Phi) is 5.78. The molecular weight excluding hydrogens is 364 g/mol. The molecule has 0 saturated heterocycles. The minimum atomic E-state index is -0.357. The number of anilines is 1. The Morgan fingerprint density at radius 2 is 1.78 bits per heavy atom. The molecule has 0 bridgehead atoms. The van der Waals surface area contributed by atoms with Crippen molar-refractivity contribution in [2.75, 3.05) is 5.32 Å². The van der Waals surface area contributed by atoms with E-state index in [0.717, 1.165) is 11.1 Å². The van der Waals surface area contributed by atoms with Gasteiger partial charge in [-0.15, -0.1) is 0 Å². The highest BCUT2D eigenvalue weighted by Crippen LogP contribution is 2.20. The lowest BCUT2D eigenvalue weighted by molar-refractivity contribution is 0.0946. The largest absolute Gasteiger partial charge is 0.347 e. The van der Waals surface area contributed by atoms with E-state index in [0.29, 0.717) is 22.8 Å². The van der Waals surface area contributed by atoms with Gasteiger partial charge in [-0.2, -0.15) is 0 Å². The van der Waals surface area contributed by atoms with Crippen molar-refractivity contribution in [1.29, 1.82) is 0 Å². The molecule has 3 rings (SSSR count). The van der Waals surface area contributed by atoms with Crippen molar-refractivity contribution in [3.8, 4) is 0 Å². The molecule has 0 atom stereocenters. The van der Waals surface area contributed by atoms with E-state index in [-0.39, 0.29) is 17.5 Å². The number of carbonyl (C=O) groups is 2. The van der Waals surface area contributed by atoms with Crippen LogP contribution < -0.4 is 10.6 Å². The van der Waals surface area contributed by atoms with Gasteiger partial charge in [-0.25, -0.2) is 0 Å². The summed E-state index contributed by atoms with van der Waals surface area (Å²) in [6, 6.07) is 11.8. The van der Waals surface area contributed by atoms with Gasteiger partial charge in [0.2, 0.25) is 0 Å². The highest BCUT2D eigenvalue weighted by Gasteiger charge is 2.13. The van der Waals surface area contributed by atoms with Crippen LogP contribution in [0.25, 0.3) is 0 Å². The molecule has 1 aromatic carbocycles. The number of nitrogens with zero attached hydrogens (tertiary/aromatic N) is 2.